The Bertz CT molecular complexity index is 630. The molecule has 0 N–H and O–H groups in total. The molecule has 0 aliphatic carbocycles. The lowest BCUT2D eigenvalue weighted by Gasteiger charge is -2.22. The van der Waals surface area contributed by atoms with Gasteiger partial charge in [0.05, 0.1) is 20.1 Å². The van der Waals surface area contributed by atoms with Gasteiger partial charge >= 0.3 is 6.09 Å². The summed E-state index contributed by atoms with van der Waals surface area (Å²) in [6.45, 7) is 8.48. The van der Waals surface area contributed by atoms with Crippen LogP contribution in [0.2, 0.25) is 0 Å². The number of hydrogen-bond donors (Lipinski definition) is 0. The molecule has 0 radical (unpaired) electrons. The molecule has 2 rings (SSSR count). The Kier molecular flexibility index (Phi) is 6.67. The maximum atomic E-state index is 12.7. The number of aryl methyl sites for hydroxylation is 2. The number of carbonyl (C=O) groups is 2. The predicted molar refractivity (Wildman–Crippen MR) is 96.0 cm³/mol. The van der Waals surface area contributed by atoms with Crippen molar-refractivity contribution in [2.75, 3.05) is 39.9 Å². The maximum Gasteiger partial charge on any atom is 0.409 e. The van der Waals surface area contributed by atoms with Gasteiger partial charge in [-0.15, -0.1) is 0 Å². The van der Waals surface area contributed by atoms with Crippen molar-refractivity contribution in [3.8, 4) is 5.75 Å². The topological polar surface area (TPSA) is 59.1 Å². The summed E-state index contributed by atoms with van der Waals surface area (Å²) in [6.07, 6.45) is 0.771. The molecule has 0 unspecified atom stereocenters. The fraction of sp³-hybridized carbons (Fsp3) is 0.579. The van der Waals surface area contributed by atoms with E-state index in [0.717, 1.165) is 28.9 Å². The van der Waals surface area contributed by atoms with Gasteiger partial charge < -0.3 is 19.3 Å². The summed E-state index contributed by atoms with van der Waals surface area (Å²) < 4.78 is 10.5. The molecule has 0 saturated carbocycles. The van der Waals surface area contributed by atoms with Gasteiger partial charge in [-0.25, -0.2) is 4.79 Å². The van der Waals surface area contributed by atoms with Crippen molar-refractivity contribution in [2.24, 2.45) is 0 Å². The lowest BCUT2D eigenvalue weighted by Crippen LogP contribution is -2.38. The third-order valence-corrected chi connectivity index (χ3v) is 4.42. The first-order valence-corrected chi connectivity index (χ1v) is 8.79. The number of nitrogens with zero attached hydrogens (tertiary/aromatic N) is 2. The van der Waals surface area contributed by atoms with Crippen LogP contribution in [0.5, 0.6) is 5.75 Å². The first-order valence-electron chi connectivity index (χ1n) is 8.79. The predicted octanol–water partition coefficient (Wildman–Crippen LogP) is 2.55. The quantitative estimate of drug-likeness (QED) is 0.839. The summed E-state index contributed by atoms with van der Waals surface area (Å²) in [6, 6.07) is 4.06. The Morgan fingerprint density at radius 3 is 2.44 bits per heavy atom. The highest BCUT2D eigenvalue weighted by molar-refractivity contribution is 5.80. The van der Waals surface area contributed by atoms with Crippen molar-refractivity contribution in [3.05, 3.63) is 28.8 Å². The molecule has 1 aliphatic rings. The third kappa shape index (κ3) is 4.87. The van der Waals surface area contributed by atoms with Gasteiger partial charge in [-0.1, -0.05) is 17.7 Å². The largest absolute Gasteiger partial charge is 0.496 e. The number of rotatable bonds is 4. The van der Waals surface area contributed by atoms with E-state index >= 15 is 0 Å². The van der Waals surface area contributed by atoms with Gasteiger partial charge in [0.1, 0.15) is 5.75 Å². The SMILES string of the molecule is CCOC(=O)N1CCCN(C(=O)Cc2cc(C)cc(C)c2OC)CC1. The number of ether oxygens (including phenoxy) is 2. The van der Waals surface area contributed by atoms with E-state index in [1.807, 2.05) is 24.8 Å². The summed E-state index contributed by atoms with van der Waals surface area (Å²) in [5, 5.41) is 0. The van der Waals surface area contributed by atoms with Crippen molar-refractivity contribution in [3.63, 3.8) is 0 Å². The minimum Gasteiger partial charge on any atom is -0.496 e. The molecule has 6 heteroatoms. The van der Waals surface area contributed by atoms with Crippen LogP contribution in [0.1, 0.15) is 30.0 Å². The molecular weight excluding hydrogens is 320 g/mol. The molecule has 25 heavy (non-hydrogen) atoms. The maximum absolute atomic E-state index is 12.7. The van der Waals surface area contributed by atoms with Crippen LogP contribution in [0.3, 0.4) is 0 Å². The van der Waals surface area contributed by atoms with E-state index in [9.17, 15) is 9.59 Å². The van der Waals surface area contributed by atoms with Crippen molar-refractivity contribution >= 4 is 12.0 Å². The highest BCUT2D eigenvalue weighted by Gasteiger charge is 2.23. The van der Waals surface area contributed by atoms with E-state index in [1.165, 1.54) is 0 Å². The van der Waals surface area contributed by atoms with Gasteiger partial charge in [0.25, 0.3) is 0 Å². The highest BCUT2D eigenvalue weighted by Crippen LogP contribution is 2.26. The molecule has 2 amide bonds. The first kappa shape index (κ1) is 19.1. The zero-order valence-electron chi connectivity index (χ0n) is 15.6. The van der Waals surface area contributed by atoms with Gasteiger partial charge in [0, 0.05) is 31.7 Å². The third-order valence-electron chi connectivity index (χ3n) is 4.42. The summed E-state index contributed by atoms with van der Waals surface area (Å²) in [7, 11) is 1.63. The fourth-order valence-electron chi connectivity index (χ4n) is 3.30. The number of carbonyl (C=O) groups excluding carboxylic acids is 2. The van der Waals surface area contributed by atoms with E-state index in [2.05, 4.69) is 6.07 Å². The van der Waals surface area contributed by atoms with Gasteiger partial charge in [-0.3, -0.25) is 4.79 Å². The Balaban J connectivity index is 2.03. The number of benzene rings is 1. The first-order chi connectivity index (χ1) is 12.0. The molecule has 1 aromatic carbocycles. The summed E-state index contributed by atoms with van der Waals surface area (Å²) in [5.74, 6) is 0.843. The molecule has 1 fully saturated rings. The minimum absolute atomic E-state index is 0.0639. The van der Waals surface area contributed by atoms with Crippen LogP contribution >= 0.6 is 0 Å². The lowest BCUT2D eigenvalue weighted by atomic mass is 10.0. The molecule has 138 valence electrons. The van der Waals surface area contributed by atoms with E-state index in [1.54, 1.807) is 18.9 Å². The van der Waals surface area contributed by atoms with E-state index in [0.29, 0.717) is 39.2 Å². The molecule has 0 aromatic heterocycles. The second-order valence-corrected chi connectivity index (χ2v) is 6.37. The van der Waals surface area contributed by atoms with Crippen LogP contribution in [0.25, 0.3) is 0 Å². The average molecular weight is 348 g/mol. The van der Waals surface area contributed by atoms with Crippen molar-refractivity contribution in [2.45, 2.75) is 33.6 Å². The normalized spacial score (nSPS) is 14.9. The number of hydrogen-bond acceptors (Lipinski definition) is 4. The van der Waals surface area contributed by atoms with Crippen LogP contribution in [0.4, 0.5) is 4.79 Å². The monoisotopic (exact) mass is 348 g/mol. The van der Waals surface area contributed by atoms with E-state index in [4.69, 9.17) is 9.47 Å². The Morgan fingerprint density at radius 1 is 1.08 bits per heavy atom. The summed E-state index contributed by atoms with van der Waals surface area (Å²) in [4.78, 5) is 28.1. The molecule has 1 heterocycles. The second kappa shape index (κ2) is 8.74. The van der Waals surface area contributed by atoms with Crippen LogP contribution in [0.15, 0.2) is 12.1 Å². The molecule has 0 spiro atoms. The Morgan fingerprint density at radius 2 is 1.76 bits per heavy atom. The molecule has 1 aromatic rings. The van der Waals surface area contributed by atoms with Crippen molar-refractivity contribution < 1.29 is 19.1 Å². The molecule has 0 atom stereocenters. The van der Waals surface area contributed by atoms with Crippen molar-refractivity contribution in [1.29, 1.82) is 0 Å². The van der Waals surface area contributed by atoms with Gasteiger partial charge in [0.15, 0.2) is 0 Å². The van der Waals surface area contributed by atoms with E-state index in [-0.39, 0.29) is 12.0 Å². The fourth-order valence-corrected chi connectivity index (χ4v) is 3.30. The summed E-state index contributed by atoms with van der Waals surface area (Å²) >= 11 is 0. The molecular formula is C19H28N2O4. The highest BCUT2D eigenvalue weighted by atomic mass is 16.6. The number of amides is 2. The zero-order valence-corrected chi connectivity index (χ0v) is 15.6. The van der Waals surface area contributed by atoms with Gasteiger partial charge in [0.2, 0.25) is 5.91 Å². The molecule has 1 saturated heterocycles. The van der Waals surface area contributed by atoms with Crippen LogP contribution < -0.4 is 4.74 Å². The van der Waals surface area contributed by atoms with Crippen LogP contribution in [-0.4, -0.2) is 61.7 Å². The van der Waals surface area contributed by atoms with Crippen LogP contribution in [-0.2, 0) is 16.0 Å². The Labute approximate surface area is 149 Å². The van der Waals surface area contributed by atoms with E-state index < -0.39 is 0 Å². The summed E-state index contributed by atoms with van der Waals surface area (Å²) in [5.41, 5.74) is 3.07. The van der Waals surface area contributed by atoms with Crippen molar-refractivity contribution in [1.82, 2.24) is 9.80 Å². The zero-order chi connectivity index (χ0) is 18.4. The Hall–Kier alpha value is -2.24. The molecule has 6 nitrogen and oxygen atoms in total. The second-order valence-electron chi connectivity index (χ2n) is 6.37. The number of methoxy groups -OCH3 is 1. The standard InChI is InChI=1S/C19H28N2O4/c1-5-25-19(23)21-8-6-7-20(9-10-21)17(22)13-16-12-14(2)11-15(3)18(16)24-4/h11-12H,5-10,13H2,1-4H3. The minimum atomic E-state index is -0.298. The van der Waals surface area contributed by atoms with Gasteiger partial charge in [-0.05, 0) is 32.8 Å². The van der Waals surface area contributed by atoms with Crippen LogP contribution in [0, 0.1) is 13.8 Å². The lowest BCUT2D eigenvalue weighted by molar-refractivity contribution is -0.130. The average Bonchev–Trinajstić information content (AvgIpc) is 2.81. The molecule has 0 bridgehead atoms. The molecule has 1 aliphatic heterocycles. The van der Waals surface area contributed by atoms with Gasteiger partial charge in [-0.2, -0.15) is 0 Å². The smallest absolute Gasteiger partial charge is 0.409 e.